The van der Waals surface area contributed by atoms with Crippen molar-refractivity contribution < 1.29 is 0 Å². The van der Waals surface area contributed by atoms with Gasteiger partial charge in [-0.05, 0) is 37.5 Å². The molecule has 0 spiro atoms. The molecule has 3 aromatic rings. The summed E-state index contributed by atoms with van der Waals surface area (Å²) in [6.07, 6.45) is 6.79. The number of anilines is 2. The number of aryl methyl sites for hydroxylation is 1. The molecule has 3 aromatic heterocycles. The van der Waals surface area contributed by atoms with Crippen molar-refractivity contribution in [1.82, 2.24) is 20.2 Å². The average Bonchev–Trinajstić information content (AvgIpc) is 3.28. The Hall–Kier alpha value is -2.28. The van der Waals surface area contributed by atoms with Crippen molar-refractivity contribution in [2.45, 2.75) is 32.2 Å². The average molecular weight is 354 g/mol. The highest BCUT2D eigenvalue weighted by molar-refractivity contribution is 7.18. The number of rotatable bonds is 5. The van der Waals surface area contributed by atoms with Crippen LogP contribution in [-0.4, -0.2) is 46.3 Å². The van der Waals surface area contributed by atoms with Crippen LogP contribution in [0.1, 0.15) is 24.6 Å². The Morgan fingerprint density at radius 1 is 1.36 bits per heavy atom. The van der Waals surface area contributed by atoms with Gasteiger partial charge in [-0.25, -0.2) is 9.97 Å². The highest BCUT2D eigenvalue weighted by atomic mass is 32.1. The second kappa shape index (κ2) is 6.92. The van der Waals surface area contributed by atoms with E-state index in [-0.39, 0.29) is 0 Å². The molecule has 0 aromatic carbocycles. The Balaban J connectivity index is 1.57. The van der Waals surface area contributed by atoms with Crippen molar-refractivity contribution in [3.05, 3.63) is 35.6 Å². The molecular formula is C18H22N6S. The fourth-order valence-electron chi connectivity index (χ4n) is 3.55. The second-order valence-electron chi connectivity index (χ2n) is 6.43. The Labute approximate surface area is 151 Å². The molecule has 0 aliphatic carbocycles. The summed E-state index contributed by atoms with van der Waals surface area (Å²) in [6.45, 7) is 4.13. The molecule has 0 amide bonds. The Morgan fingerprint density at radius 3 is 3.08 bits per heavy atom. The molecule has 1 unspecified atom stereocenters. The maximum absolute atomic E-state index is 4.57. The zero-order valence-electron chi connectivity index (χ0n) is 14.6. The van der Waals surface area contributed by atoms with Crippen molar-refractivity contribution >= 4 is 33.2 Å². The van der Waals surface area contributed by atoms with E-state index in [9.17, 15) is 0 Å². The number of likely N-dealkylation sites (N-methyl/N-ethyl adjacent to an activating group) is 1. The lowest BCUT2D eigenvalue weighted by Gasteiger charge is -2.29. The molecule has 1 saturated heterocycles. The van der Waals surface area contributed by atoms with Gasteiger partial charge in [-0.2, -0.15) is 5.10 Å². The second-order valence-corrected chi connectivity index (χ2v) is 7.55. The zero-order valence-corrected chi connectivity index (χ0v) is 15.4. The zero-order chi connectivity index (χ0) is 17.2. The first-order valence-corrected chi connectivity index (χ1v) is 9.57. The highest BCUT2D eigenvalue weighted by Gasteiger charge is 2.27. The number of hydrogen-bond donors (Lipinski definition) is 0. The molecule has 25 heavy (non-hydrogen) atoms. The van der Waals surface area contributed by atoms with Gasteiger partial charge in [0.1, 0.15) is 17.0 Å². The van der Waals surface area contributed by atoms with E-state index in [1.165, 1.54) is 17.7 Å². The van der Waals surface area contributed by atoms with Gasteiger partial charge in [0.2, 0.25) is 0 Å². The minimum absolute atomic E-state index is 0.427. The maximum atomic E-state index is 4.57. The van der Waals surface area contributed by atoms with E-state index in [0.29, 0.717) is 6.04 Å². The number of thiophene rings is 1. The van der Waals surface area contributed by atoms with Crippen LogP contribution in [0.25, 0.3) is 10.2 Å². The van der Waals surface area contributed by atoms with Crippen LogP contribution < -0.4 is 9.80 Å². The monoisotopic (exact) mass is 354 g/mol. The maximum Gasteiger partial charge on any atom is 0.151 e. The number of hydrogen-bond acceptors (Lipinski definition) is 7. The van der Waals surface area contributed by atoms with Gasteiger partial charge in [0.25, 0.3) is 0 Å². The molecular weight excluding hydrogens is 332 g/mol. The van der Waals surface area contributed by atoms with Gasteiger partial charge < -0.3 is 9.80 Å². The largest absolute Gasteiger partial charge is 0.357 e. The smallest absolute Gasteiger partial charge is 0.151 e. The van der Waals surface area contributed by atoms with Crippen molar-refractivity contribution in [3.63, 3.8) is 0 Å². The minimum Gasteiger partial charge on any atom is -0.357 e. The summed E-state index contributed by atoms with van der Waals surface area (Å²) < 4.78 is 0. The van der Waals surface area contributed by atoms with Crippen LogP contribution in [0.15, 0.2) is 30.7 Å². The third-order valence-corrected chi connectivity index (χ3v) is 5.97. The van der Waals surface area contributed by atoms with Gasteiger partial charge in [-0.3, -0.25) is 0 Å². The molecule has 130 valence electrons. The fraction of sp³-hybridized carbons (Fsp3) is 0.444. The molecule has 4 rings (SSSR count). The normalized spacial score (nSPS) is 17.4. The molecule has 1 atom stereocenters. The molecule has 7 heteroatoms. The van der Waals surface area contributed by atoms with Crippen molar-refractivity contribution in [2.75, 3.05) is 29.9 Å². The third kappa shape index (κ3) is 3.16. The lowest BCUT2D eigenvalue weighted by molar-refractivity contribution is 0.644. The standard InChI is InChI=1S/C18H22N6S/c1-3-14-10-15-17(19-12-20-18(15)25-14)23(2)11-13-6-5-9-24(13)16-7-4-8-21-22-16/h4,7-8,10,12-13H,3,5-6,9,11H2,1-2H3. The third-order valence-electron chi connectivity index (χ3n) is 4.78. The Bertz CT molecular complexity index is 849. The van der Waals surface area contributed by atoms with Crippen LogP contribution in [-0.2, 0) is 6.42 Å². The van der Waals surface area contributed by atoms with Crippen LogP contribution >= 0.6 is 11.3 Å². The topological polar surface area (TPSA) is 58.0 Å². The predicted octanol–water partition coefficient (Wildman–Crippen LogP) is 3.15. The first kappa shape index (κ1) is 16.2. The molecule has 1 fully saturated rings. The number of fused-ring (bicyclic) bond motifs is 1. The molecule has 0 bridgehead atoms. The van der Waals surface area contributed by atoms with Gasteiger partial charge in [-0.15, -0.1) is 16.4 Å². The van der Waals surface area contributed by atoms with E-state index >= 15 is 0 Å². The SMILES string of the molecule is CCc1cc2c(N(C)CC3CCCN3c3cccnn3)ncnc2s1. The molecule has 6 nitrogen and oxygen atoms in total. The summed E-state index contributed by atoms with van der Waals surface area (Å²) in [5, 5.41) is 9.48. The Morgan fingerprint density at radius 2 is 2.28 bits per heavy atom. The van der Waals surface area contributed by atoms with Crippen LogP contribution in [0.5, 0.6) is 0 Å². The van der Waals surface area contributed by atoms with E-state index < -0.39 is 0 Å². The van der Waals surface area contributed by atoms with Gasteiger partial charge in [-0.1, -0.05) is 6.92 Å². The molecule has 1 aliphatic rings. The van der Waals surface area contributed by atoms with E-state index in [4.69, 9.17) is 0 Å². The van der Waals surface area contributed by atoms with Crippen LogP contribution in [0, 0.1) is 0 Å². The molecule has 0 N–H and O–H groups in total. The number of nitrogens with zero attached hydrogens (tertiary/aromatic N) is 6. The van der Waals surface area contributed by atoms with Gasteiger partial charge in [0, 0.05) is 37.3 Å². The molecule has 0 radical (unpaired) electrons. The molecule has 0 saturated carbocycles. The van der Waals surface area contributed by atoms with Crippen molar-refractivity contribution in [3.8, 4) is 0 Å². The fourth-order valence-corrected chi connectivity index (χ4v) is 4.48. The first-order chi connectivity index (χ1) is 12.3. The Kier molecular flexibility index (Phi) is 4.48. The van der Waals surface area contributed by atoms with E-state index in [1.54, 1.807) is 23.9 Å². The van der Waals surface area contributed by atoms with E-state index in [0.717, 1.165) is 41.4 Å². The molecule has 1 aliphatic heterocycles. The van der Waals surface area contributed by atoms with Gasteiger partial charge >= 0.3 is 0 Å². The van der Waals surface area contributed by atoms with Crippen LogP contribution in [0.2, 0.25) is 0 Å². The minimum atomic E-state index is 0.427. The predicted molar refractivity (Wildman–Crippen MR) is 102 cm³/mol. The van der Waals surface area contributed by atoms with Crippen LogP contribution in [0.4, 0.5) is 11.6 Å². The van der Waals surface area contributed by atoms with Crippen molar-refractivity contribution in [2.24, 2.45) is 0 Å². The summed E-state index contributed by atoms with van der Waals surface area (Å²) in [4.78, 5) is 16.1. The van der Waals surface area contributed by atoms with Gasteiger partial charge in [0.05, 0.1) is 5.39 Å². The van der Waals surface area contributed by atoms with Crippen LogP contribution in [0.3, 0.4) is 0 Å². The summed E-state index contributed by atoms with van der Waals surface area (Å²) >= 11 is 1.76. The van der Waals surface area contributed by atoms with E-state index in [1.807, 2.05) is 12.1 Å². The summed E-state index contributed by atoms with van der Waals surface area (Å²) in [5.74, 6) is 1.99. The summed E-state index contributed by atoms with van der Waals surface area (Å²) in [7, 11) is 2.12. The first-order valence-electron chi connectivity index (χ1n) is 8.75. The summed E-state index contributed by atoms with van der Waals surface area (Å²) in [6, 6.07) is 6.66. The van der Waals surface area contributed by atoms with E-state index in [2.05, 4.69) is 50.0 Å². The van der Waals surface area contributed by atoms with Crippen molar-refractivity contribution in [1.29, 1.82) is 0 Å². The molecule has 4 heterocycles. The lowest BCUT2D eigenvalue weighted by Crippen LogP contribution is -2.39. The lowest BCUT2D eigenvalue weighted by atomic mass is 10.2. The number of aromatic nitrogens is 4. The highest BCUT2D eigenvalue weighted by Crippen LogP contribution is 2.31. The van der Waals surface area contributed by atoms with Gasteiger partial charge in [0.15, 0.2) is 5.82 Å². The summed E-state index contributed by atoms with van der Waals surface area (Å²) in [5.41, 5.74) is 0. The quantitative estimate of drug-likeness (QED) is 0.701.